The van der Waals surface area contributed by atoms with E-state index in [1.165, 1.54) is 13.1 Å². The van der Waals surface area contributed by atoms with Crippen LogP contribution in [0.4, 0.5) is 5.69 Å². The number of hydrogen-bond acceptors (Lipinski definition) is 8. The molecule has 28 heavy (non-hydrogen) atoms. The lowest BCUT2D eigenvalue weighted by molar-refractivity contribution is -0.219. The highest BCUT2D eigenvalue weighted by molar-refractivity contribution is 6.02. The van der Waals surface area contributed by atoms with E-state index in [2.05, 4.69) is 20.9 Å². The summed E-state index contributed by atoms with van der Waals surface area (Å²) in [5.74, 6) is -0.974. The summed E-state index contributed by atoms with van der Waals surface area (Å²) < 4.78 is 6.73. The Hall–Kier alpha value is -2.86. The number of nitrogens with zero attached hydrogens (tertiary/aromatic N) is 3. The van der Waals surface area contributed by atoms with Crippen LogP contribution in [-0.2, 0) is 9.53 Å². The van der Waals surface area contributed by atoms with Crippen LogP contribution >= 0.6 is 0 Å². The van der Waals surface area contributed by atoms with Crippen molar-refractivity contribution in [3.05, 3.63) is 42.2 Å². The first-order valence-electron chi connectivity index (χ1n) is 8.58. The third kappa shape index (κ3) is 4.17. The third-order valence-corrected chi connectivity index (χ3v) is 4.31. The fourth-order valence-electron chi connectivity index (χ4n) is 2.94. The van der Waals surface area contributed by atoms with Gasteiger partial charge >= 0.3 is 0 Å². The van der Waals surface area contributed by atoms with Crippen molar-refractivity contribution < 1.29 is 29.6 Å². The Labute approximate surface area is 159 Å². The Balaban J connectivity index is 1.82. The highest BCUT2D eigenvalue weighted by atomic mass is 16.5. The number of rotatable bonds is 5. The van der Waals surface area contributed by atoms with Crippen LogP contribution in [0.25, 0.3) is 0 Å². The Morgan fingerprint density at radius 1 is 1.21 bits per heavy atom. The number of hydrogen-bond donors (Lipinski definition) is 5. The zero-order valence-electron chi connectivity index (χ0n) is 15.0. The van der Waals surface area contributed by atoms with Gasteiger partial charge in [-0.25, -0.2) is 4.68 Å². The molecule has 11 nitrogen and oxygen atoms in total. The smallest absolute Gasteiger partial charge is 0.277 e. The molecule has 3 rings (SSSR count). The number of nitrogens with one attached hydrogen (secondary N) is 2. The summed E-state index contributed by atoms with van der Waals surface area (Å²) in [4.78, 5) is 23.8. The average molecular weight is 391 g/mol. The van der Waals surface area contributed by atoms with E-state index in [4.69, 9.17) is 4.74 Å². The van der Waals surface area contributed by atoms with Gasteiger partial charge in [0.2, 0.25) is 5.91 Å². The molecular weight excluding hydrogens is 370 g/mol. The van der Waals surface area contributed by atoms with E-state index in [0.29, 0.717) is 5.69 Å². The monoisotopic (exact) mass is 391 g/mol. The minimum absolute atomic E-state index is 0.0183. The largest absolute Gasteiger partial charge is 0.394 e. The van der Waals surface area contributed by atoms with Crippen molar-refractivity contribution in [2.45, 2.75) is 37.5 Å². The molecule has 1 saturated heterocycles. The lowest BCUT2D eigenvalue weighted by atomic mass is 9.96. The van der Waals surface area contributed by atoms with E-state index in [1.807, 2.05) is 6.07 Å². The van der Waals surface area contributed by atoms with Gasteiger partial charge in [-0.2, -0.15) is 0 Å². The number of aliphatic hydroxyl groups is 3. The van der Waals surface area contributed by atoms with E-state index in [0.717, 1.165) is 4.68 Å². The van der Waals surface area contributed by atoms with Crippen LogP contribution in [0.5, 0.6) is 0 Å². The van der Waals surface area contributed by atoms with E-state index < -0.39 is 49.0 Å². The first kappa shape index (κ1) is 19.9. The number of ether oxygens (including phenoxy) is 1. The van der Waals surface area contributed by atoms with Crippen molar-refractivity contribution in [3.8, 4) is 0 Å². The molecule has 0 unspecified atom stereocenters. The van der Waals surface area contributed by atoms with Crippen LogP contribution < -0.4 is 10.6 Å². The molecule has 0 saturated carbocycles. The molecule has 1 aromatic heterocycles. The average Bonchev–Trinajstić information content (AvgIpc) is 3.16. The number of carbonyl (C=O) groups excluding carboxylic acids is 2. The molecule has 11 heteroatoms. The normalized spacial score (nSPS) is 27.2. The minimum Gasteiger partial charge on any atom is -0.394 e. The zero-order valence-corrected chi connectivity index (χ0v) is 15.0. The van der Waals surface area contributed by atoms with Crippen LogP contribution in [0, 0.1) is 0 Å². The number of amides is 2. The van der Waals surface area contributed by atoms with Gasteiger partial charge in [-0.15, -0.1) is 5.10 Å². The molecule has 2 heterocycles. The standard InChI is InChI=1S/C17H21N5O6/c1-9(24)18-13-15(26)14(25)12(8-23)28-17(13)22-7-11(20-21-22)16(27)19-10-5-3-2-4-6-10/h2-7,12-15,17,23,25-26H,8H2,1H3,(H,18,24)(H,19,27)/t12-,13-,14-,15-,17-/m1/s1. The molecular formula is C17H21N5O6. The fourth-order valence-corrected chi connectivity index (χ4v) is 2.94. The molecule has 0 aliphatic carbocycles. The molecule has 2 aromatic rings. The van der Waals surface area contributed by atoms with Crippen LogP contribution in [0.1, 0.15) is 23.6 Å². The predicted octanol–water partition coefficient (Wildman–Crippen LogP) is -1.35. The van der Waals surface area contributed by atoms with Gasteiger partial charge in [0.05, 0.1) is 12.8 Å². The number of carbonyl (C=O) groups is 2. The topological polar surface area (TPSA) is 159 Å². The summed E-state index contributed by atoms with van der Waals surface area (Å²) in [6.07, 6.45) is -3.74. The molecule has 0 bridgehead atoms. The maximum Gasteiger partial charge on any atom is 0.277 e. The van der Waals surface area contributed by atoms with Gasteiger partial charge in [0, 0.05) is 12.6 Å². The SMILES string of the molecule is CC(=O)N[C@@H]1[C@@H](O)[C@H](O)[C@@H](CO)O[C@H]1n1cc(C(=O)Nc2ccccc2)nn1. The van der Waals surface area contributed by atoms with Gasteiger partial charge in [-0.05, 0) is 12.1 Å². The highest BCUT2D eigenvalue weighted by Gasteiger charge is 2.46. The second kappa shape index (κ2) is 8.44. The zero-order chi connectivity index (χ0) is 20.3. The molecule has 5 N–H and O–H groups in total. The van der Waals surface area contributed by atoms with Crippen molar-refractivity contribution >= 4 is 17.5 Å². The van der Waals surface area contributed by atoms with Crippen molar-refractivity contribution in [3.63, 3.8) is 0 Å². The van der Waals surface area contributed by atoms with Crippen molar-refractivity contribution in [1.82, 2.24) is 20.3 Å². The lowest BCUT2D eigenvalue weighted by Crippen LogP contribution is -2.62. The Bertz CT molecular complexity index is 828. The number of benzene rings is 1. The summed E-state index contributed by atoms with van der Waals surface area (Å²) in [6.45, 7) is 0.686. The van der Waals surface area contributed by atoms with Gasteiger partial charge in [0.15, 0.2) is 11.9 Å². The van der Waals surface area contributed by atoms with Gasteiger partial charge in [-0.3, -0.25) is 9.59 Å². The second-order valence-electron chi connectivity index (χ2n) is 6.36. The molecule has 150 valence electrons. The van der Waals surface area contributed by atoms with Crippen molar-refractivity contribution in [2.75, 3.05) is 11.9 Å². The van der Waals surface area contributed by atoms with Crippen LogP contribution in [0.2, 0.25) is 0 Å². The van der Waals surface area contributed by atoms with E-state index in [9.17, 15) is 24.9 Å². The molecule has 1 aliphatic rings. The molecule has 2 amide bonds. The van der Waals surface area contributed by atoms with Gasteiger partial charge in [0.25, 0.3) is 5.91 Å². The fraction of sp³-hybridized carbons (Fsp3) is 0.412. The van der Waals surface area contributed by atoms with Crippen LogP contribution in [0.3, 0.4) is 0 Å². The molecule has 1 aromatic carbocycles. The summed E-state index contributed by atoms with van der Waals surface area (Å²) in [5, 5.41) is 42.5. The maximum absolute atomic E-state index is 12.3. The lowest BCUT2D eigenvalue weighted by Gasteiger charge is -2.42. The van der Waals surface area contributed by atoms with E-state index in [-0.39, 0.29) is 5.69 Å². The van der Waals surface area contributed by atoms with Crippen molar-refractivity contribution in [1.29, 1.82) is 0 Å². The number of para-hydroxylation sites is 1. The maximum atomic E-state index is 12.3. The van der Waals surface area contributed by atoms with E-state index >= 15 is 0 Å². The summed E-state index contributed by atoms with van der Waals surface area (Å²) >= 11 is 0. The summed E-state index contributed by atoms with van der Waals surface area (Å²) in [6, 6.07) is 7.70. The highest BCUT2D eigenvalue weighted by Crippen LogP contribution is 2.28. The first-order valence-corrected chi connectivity index (χ1v) is 8.58. The quantitative estimate of drug-likeness (QED) is 0.418. The molecule has 0 radical (unpaired) electrons. The second-order valence-corrected chi connectivity index (χ2v) is 6.36. The Kier molecular flexibility index (Phi) is 5.99. The molecule has 5 atom stereocenters. The Morgan fingerprint density at radius 3 is 2.57 bits per heavy atom. The third-order valence-electron chi connectivity index (χ3n) is 4.31. The van der Waals surface area contributed by atoms with Crippen LogP contribution in [-0.4, -0.2) is 73.1 Å². The number of aliphatic hydroxyl groups excluding tert-OH is 3. The van der Waals surface area contributed by atoms with Gasteiger partial charge < -0.3 is 30.7 Å². The van der Waals surface area contributed by atoms with Crippen LogP contribution in [0.15, 0.2) is 36.5 Å². The molecule has 0 spiro atoms. The first-order chi connectivity index (χ1) is 13.4. The Morgan fingerprint density at radius 2 is 1.93 bits per heavy atom. The van der Waals surface area contributed by atoms with E-state index in [1.54, 1.807) is 24.3 Å². The molecule has 1 fully saturated rings. The summed E-state index contributed by atoms with van der Waals surface area (Å²) in [5.41, 5.74) is 0.557. The predicted molar refractivity (Wildman–Crippen MR) is 95.0 cm³/mol. The summed E-state index contributed by atoms with van der Waals surface area (Å²) in [7, 11) is 0. The number of anilines is 1. The number of aromatic nitrogens is 3. The molecule has 1 aliphatic heterocycles. The van der Waals surface area contributed by atoms with Crippen molar-refractivity contribution in [2.24, 2.45) is 0 Å². The van der Waals surface area contributed by atoms with Gasteiger partial charge in [-0.1, -0.05) is 23.4 Å². The minimum atomic E-state index is -1.43. The van der Waals surface area contributed by atoms with Gasteiger partial charge in [0.1, 0.15) is 24.4 Å².